The molecule has 0 aromatic rings. The molecule has 2 aliphatic rings. The number of ether oxygens (including phenoxy) is 2. The SMILES string of the molecule is CCC(=O)NCC1COC2(CCCCC2)O1. The van der Waals surface area contributed by atoms with E-state index in [1.165, 1.54) is 19.3 Å². The van der Waals surface area contributed by atoms with E-state index in [-0.39, 0.29) is 17.8 Å². The molecular formula is C12H21NO3. The molecule has 1 aliphatic carbocycles. The first kappa shape index (κ1) is 11.9. The third-order valence-corrected chi connectivity index (χ3v) is 3.38. The minimum atomic E-state index is -0.320. The van der Waals surface area contributed by atoms with Crippen LogP contribution in [0, 0.1) is 0 Å². The summed E-state index contributed by atoms with van der Waals surface area (Å²) in [4.78, 5) is 11.1. The number of carbonyl (C=O) groups is 1. The van der Waals surface area contributed by atoms with E-state index in [4.69, 9.17) is 9.47 Å². The van der Waals surface area contributed by atoms with Crippen molar-refractivity contribution in [1.29, 1.82) is 0 Å². The fourth-order valence-corrected chi connectivity index (χ4v) is 2.42. The Bertz CT molecular complexity index is 249. The van der Waals surface area contributed by atoms with Crippen molar-refractivity contribution in [2.24, 2.45) is 0 Å². The molecule has 4 nitrogen and oxygen atoms in total. The van der Waals surface area contributed by atoms with E-state index >= 15 is 0 Å². The Labute approximate surface area is 96.7 Å². The van der Waals surface area contributed by atoms with E-state index < -0.39 is 0 Å². The van der Waals surface area contributed by atoms with Gasteiger partial charge in [-0.25, -0.2) is 0 Å². The Morgan fingerprint density at radius 2 is 2.12 bits per heavy atom. The van der Waals surface area contributed by atoms with E-state index in [1.807, 2.05) is 6.92 Å². The van der Waals surface area contributed by atoms with Gasteiger partial charge in [-0.15, -0.1) is 0 Å². The number of nitrogens with one attached hydrogen (secondary N) is 1. The van der Waals surface area contributed by atoms with Gasteiger partial charge in [0.25, 0.3) is 0 Å². The summed E-state index contributed by atoms with van der Waals surface area (Å²) in [7, 11) is 0. The van der Waals surface area contributed by atoms with Gasteiger partial charge in [-0.2, -0.15) is 0 Å². The Hall–Kier alpha value is -0.610. The Balaban J connectivity index is 1.76. The standard InChI is InChI=1S/C12H21NO3/c1-2-11(14)13-8-10-9-15-12(16-10)6-4-3-5-7-12/h10H,2-9H2,1H3,(H,13,14). The lowest BCUT2D eigenvalue weighted by atomic mass is 9.94. The van der Waals surface area contributed by atoms with Gasteiger partial charge in [0.2, 0.25) is 5.91 Å². The topological polar surface area (TPSA) is 47.6 Å². The first-order chi connectivity index (χ1) is 7.74. The van der Waals surface area contributed by atoms with Crippen LogP contribution in [0.5, 0.6) is 0 Å². The largest absolute Gasteiger partial charge is 0.353 e. The van der Waals surface area contributed by atoms with Crippen LogP contribution in [0.4, 0.5) is 0 Å². The fraction of sp³-hybridized carbons (Fsp3) is 0.917. The number of rotatable bonds is 3. The zero-order valence-electron chi connectivity index (χ0n) is 9.96. The molecule has 1 saturated heterocycles. The minimum Gasteiger partial charge on any atom is -0.353 e. The Morgan fingerprint density at radius 3 is 2.81 bits per heavy atom. The molecule has 1 heterocycles. The van der Waals surface area contributed by atoms with Crippen molar-refractivity contribution < 1.29 is 14.3 Å². The Morgan fingerprint density at radius 1 is 1.38 bits per heavy atom. The van der Waals surface area contributed by atoms with Crippen molar-refractivity contribution in [2.75, 3.05) is 13.2 Å². The summed E-state index contributed by atoms with van der Waals surface area (Å²) in [6, 6.07) is 0. The minimum absolute atomic E-state index is 0.0357. The molecule has 0 aromatic carbocycles. The summed E-state index contributed by atoms with van der Waals surface area (Å²) in [5.74, 6) is -0.243. The third-order valence-electron chi connectivity index (χ3n) is 3.38. The molecule has 0 bridgehead atoms. The first-order valence-corrected chi connectivity index (χ1v) is 6.32. The second kappa shape index (κ2) is 5.15. The molecule has 0 aromatic heterocycles. The van der Waals surface area contributed by atoms with Crippen LogP contribution < -0.4 is 5.32 Å². The molecule has 1 unspecified atom stereocenters. The van der Waals surface area contributed by atoms with Crippen molar-refractivity contribution in [3.05, 3.63) is 0 Å². The summed E-state index contributed by atoms with van der Waals surface area (Å²) in [5, 5.41) is 2.85. The second-order valence-electron chi connectivity index (χ2n) is 4.68. The van der Waals surface area contributed by atoms with E-state index in [0.717, 1.165) is 12.8 Å². The molecule has 2 rings (SSSR count). The number of hydrogen-bond donors (Lipinski definition) is 1. The van der Waals surface area contributed by atoms with Crippen molar-refractivity contribution in [1.82, 2.24) is 5.32 Å². The van der Waals surface area contributed by atoms with Crippen molar-refractivity contribution in [3.8, 4) is 0 Å². The summed E-state index contributed by atoms with van der Waals surface area (Å²) in [6.07, 6.45) is 6.23. The lowest BCUT2D eigenvalue weighted by molar-refractivity contribution is -0.186. The Kier molecular flexibility index (Phi) is 3.82. The van der Waals surface area contributed by atoms with Crippen LogP contribution >= 0.6 is 0 Å². The zero-order valence-corrected chi connectivity index (χ0v) is 9.96. The molecule has 1 spiro atoms. The van der Waals surface area contributed by atoms with Crippen LogP contribution in [0.25, 0.3) is 0 Å². The highest BCUT2D eigenvalue weighted by atomic mass is 16.7. The molecular weight excluding hydrogens is 206 g/mol. The smallest absolute Gasteiger partial charge is 0.219 e. The fourth-order valence-electron chi connectivity index (χ4n) is 2.42. The quantitative estimate of drug-likeness (QED) is 0.796. The monoisotopic (exact) mass is 227 g/mol. The third kappa shape index (κ3) is 2.74. The van der Waals surface area contributed by atoms with Crippen LogP contribution in [-0.4, -0.2) is 30.9 Å². The van der Waals surface area contributed by atoms with E-state index in [1.54, 1.807) is 0 Å². The molecule has 92 valence electrons. The van der Waals surface area contributed by atoms with Crippen LogP contribution in [0.3, 0.4) is 0 Å². The molecule has 1 N–H and O–H groups in total. The molecule has 2 fully saturated rings. The van der Waals surface area contributed by atoms with Gasteiger partial charge in [0.15, 0.2) is 5.79 Å². The molecule has 1 amide bonds. The molecule has 16 heavy (non-hydrogen) atoms. The maximum atomic E-state index is 11.1. The predicted molar refractivity (Wildman–Crippen MR) is 59.9 cm³/mol. The highest BCUT2D eigenvalue weighted by Crippen LogP contribution is 2.37. The second-order valence-corrected chi connectivity index (χ2v) is 4.68. The normalized spacial score (nSPS) is 28.2. The van der Waals surface area contributed by atoms with Gasteiger partial charge in [0, 0.05) is 25.8 Å². The van der Waals surface area contributed by atoms with Gasteiger partial charge in [-0.3, -0.25) is 4.79 Å². The molecule has 1 saturated carbocycles. The lowest BCUT2D eigenvalue weighted by Crippen LogP contribution is -2.37. The molecule has 0 radical (unpaired) electrons. The highest BCUT2D eigenvalue weighted by molar-refractivity contribution is 5.75. The van der Waals surface area contributed by atoms with Gasteiger partial charge in [0.1, 0.15) is 6.10 Å². The van der Waals surface area contributed by atoms with Gasteiger partial charge in [-0.05, 0) is 12.8 Å². The summed E-state index contributed by atoms with van der Waals surface area (Å²) >= 11 is 0. The molecule has 4 heteroatoms. The number of amides is 1. The van der Waals surface area contributed by atoms with Gasteiger partial charge in [-0.1, -0.05) is 13.3 Å². The number of hydrogen-bond acceptors (Lipinski definition) is 3. The van der Waals surface area contributed by atoms with Crippen LogP contribution in [-0.2, 0) is 14.3 Å². The van der Waals surface area contributed by atoms with E-state index in [2.05, 4.69) is 5.32 Å². The highest BCUT2D eigenvalue weighted by Gasteiger charge is 2.42. The molecule has 1 atom stereocenters. The van der Waals surface area contributed by atoms with Crippen LogP contribution in [0.2, 0.25) is 0 Å². The lowest BCUT2D eigenvalue weighted by Gasteiger charge is -2.31. The average Bonchev–Trinajstić information content (AvgIpc) is 2.70. The van der Waals surface area contributed by atoms with Gasteiger partial charge < -0.3 is 14.8 Å². The maximum absolute atomic E-state index is 11.1. The number of carbonyl (C=O) groups excluding carboxylic acids is 1. The van der Waals surface area contributed by atoms with E-state index in [9.17, 15) is 4.79 Å². The van der Waals surface area contributed by atoms with E-state index in [0.29, 0.717) is 19.6 Å². The average molecular weight is 227 g/mol. The van der Waals surface area contributed by atoms with Crippen molar-refractivity contribution >= 4 is 5.91 Å². The molecule has 1 aliphatic heterocycles. The predicted octanol–water partition coefficient (Wildman–Crippen LogP) is 1.59. The van der Waals surface area contributed by atoms with Crippen LogP contribution in [0.15, 0.2) is 0 Å². The van der Waals surface area contributed by atoms with Crippen molar-refractivity contribution in [2.45, 2.75) is 57.3 Å². The maximum Gasteiger partial charge on any atom is 0.219 e. The van der Waals surface area contributed by atoms with Gasteiger partial charge >= 0.3 is 0 Å². The summed E-state index contributed by atoms with van der Waals surface area (Å²) in [6.45, 7) is 3.04. The first-order valence-electron chi connectivity index (χ1n) is 6.32. The summed E-state index contributed by atoms with van der Waals surface area (Å²) in [5.41, 5.74) is 0. The van der Waals surface area contributed by atoms with Gasteiger partial charge in [0.05, 0.1) is 6.61 Å². The van der Waals surface area contributed by atoms with Crippen molar-refractivity contribution in [3.63, 3.8) is 0 Å². The van der Waals surface area contributed by atoms with Crippen LogP contribution in [0.1, 0.15) is 45.4 Å². The summed E-state index contributed by atoms with van der Waals surface area (Å²) < 4.78 is 11.7. The zero-order chi connectivity index (χ0) is 11.4.